The predicted molar refractivity (Wildman–Crippen MR) is 73.6 cm³/mol. The zero-order valence-electron chi connectivity index (χ0n) is 11.9. The van der Waals surface area contributed by atoms with E-state index in [1.165, 1.54) is 12.1 Å². The molecule has 1 rings (SSSR count). The highest BCUT2D eigenvalue weighted by Crippen LogP contribution is 2.25. The summed E-state index contributed by atoms with van der Waals surface area (Å²) in [6.45, 7) is 5.28. The van der Waals surface area contributed by atoms with E-state index in [0.29, 0.717) is 0 Å². The van der Waals surface area contributed by atoms with Crippen molar-refractivity contribution >= 4 is 11.9 Å². The second-order valence-corrected chi connectivity index (χ2v) is 5.75. The van der Waals surface area contributed by atoms with Gasteiger partial charge in [-0.1, -0.05) is 26.0 Å². The van der Waals surface area contributed by atoms with Crippen molar-refractivity contribution in [1.82, 2.24) is 5.32 Å². The summed E-state index contributed by atoms with van der Waals surface area (Å²) in [6, 6.07) is 5.66. The van der Waals surface area contributed by atoms with Gasteiger partial charge in [0.1, 0.15) is 5.82 Å². The highest BCUT2D eigenvalue weighted by Gasteiger charge is 2.25. The minimum absolute atomic E-state index is 0.0641. The fourth-order valence-corrected chi connectivity index (χ4v) is 2.03. The van der Waals surface area contributed by atoms with E-state index in [1.54, 1.807) is 32.9 Å². The Balaban J connectivity index is 2.57. The van der Waals surface area contributed by atoms with Crippen LogP contribution in [0.3, 0.4) is 0 Å². The summed E-state index contributed by atoms with van der Waals surface area (Å²) in [4.78, 5) is 22.6. The number of carboxylic acid groups (broad SMARTS) is 1. The molecule has 0 aromatic heterocycles. The molecule has 2 N–H and O–H groups in total. The molecule has 4 nitrogen and oxygen atoms in total. The van der Waals surface area contributed by atoms with Crippen molar-refractivity contribution in [3.8, 4) is 0 Å². The highest BCUT2D eigenvalue weighted by atomic mass is 19.1. The van der Waals surface area contributed by atoms with Crippen molar-refractivity contribution in [3.63, 3.8) is 0 Å². The molecule has 0 fully saturated rings. The second-order valence-electron chi connectivity index (χ2n) is 5.75. The maximum absolute atomic E-state index is 12.8. The number of benzene rings is 1. The van der Waals surface area contributed by atoms with E-state index in [9.17, 15) is 14.0 Å². The summed E-state index contributed by atoms with van der Waals surface area (Å²) in [5.74, 6) is -1.46. The van der Waals surface area contributed by atoms with Gasteiger partial charge in [0.05, 0.1) is 12.5 Å². The fraction of sp³-hybridized carbons (Fsp3) is 0.467. The summed E-state index contributed by atoms with van der Waals surface area (Å²) < 4.78 is 12.8. The van der Waals surface area contributed by atoms with Crippen LogP contribution in [0.25, 0.3) is 0 Å². The molecular weight excluding hydrogens is 261 g/mol. The van der Waals surface area contributed by atoms with Crippen LogP contribution in [0, 0.1) is 11.2 Å². The normalized spacial score (nSPS) is 12.8. The molecule has 0 bridgehead atoms. The van der Waals surface area contributed by atoms with Gasteiger partial charge in [-0.05, 0) is 30.0 Å². The van der Waals surface area contributed by atoms with Gasteiger partial charge in [-0.3, -0.25) is 9.59 Å². The molecule has 1 atom stereocenters. The summed E-state index contributed by atoms with van der Waals surface area (Å²) in [6.07, 6.45) is 0.0657. The maximum atomic E-state index is 12.8. The maximum Gasteiger partial charge on any atom is 0.303 e. The van der Waals surface area contributed by atoms with Crippen molar-refractivity contribution in [2.45, 2.75) is 39.7 Å². The van der Waals surface area contributed by atoms with Gasteiger partial charge < -0.3 is 10.4 Å². The summed E-state index contributed by atoms with van der Waals surface area (Å²) in [7, 11) is 0. The average Bonchev–Trinajstić information content (AvgIpc) is 2.26. The molecule has 5 heteroatoms. The molecule has 1 amide bonds. The van der Waals surface area contributed by atoms with E-state index in [0.717, 1.165) is 5.56 Å². The Morgan fingerprint density at radius 2 is 1.80 bits per heavy atom. The predicted octanol–water partition coefficient (Wildman–Crippen LogP) is 2.89. The first kappa shape index (κ1) is 16.1. The number of hydrogen-bond donors (Lipinski definition) is 2. The Morgan fingerprint density at radius 3 is 2.30 bits per heavy atom. The smallest absolute Gasteiger partial charge is 0.303 e. The molecule has 1 aromatic carbocycles. The number of hydrogen-bond acceptors (Lipinski definition) is 2. The SMILES string of the molecule is C[C@H](NC(=O)CC(C)(C)CC(=O)O)c1ccc(F)cc1. The largest absolute Gasteiger partial charge is 0.481 e. The van der Waals surface area contributed by atoms with Crippen molar-refractivity contribution in [1.29, 1.82) is 0 Å². The van der Waals surface area contributed by atoms with Crippen molar-refractivity contribution < 1.29 is 19.1 Å². The van der Waals surface area contributed by atoms with Crippen LogP contribution in [-0.4, -0.2) is 17.0 Å². The van der Waals surface area contributed by atoms with Crippen molar-refractivity contribution in [2.24, 2.45) is 5.41 Å². The standard InChI is InChI=1S/C15H20FNO3/c1-10(11-4-6-12(16)7-5-11)17-13(18)8-15(2,3)9-14(19)20/h4-7,10H,8-9H2,1-3H3,(H,17,18)(H,19,20)/t10-/m0/s1. The number of rotatable bonds is 6. The van der Waals surface area contributed by atoms with Crippen LogP contribution in [0.5, 0.6) is 0 Å². The quantitative estimate of drug-likeness (QED) is 0.842. The summed E-state index contributed by atoms with van der Waals surface area (Å²) in [5, 5.41) is 11.6. The molecule has 0 aliphatic rings. The number of carboxylic acids is 1. The fourth-order valence-electron chi connectivity index (χ4n) is 2.03. The van der Waals surface area contributed by atoms with Crippen molar-refractivity contribution in [3.05, 3.63) is 35.6 Å². The molecule has 0 spiro atoms. The lowest BCUT2D eigenvalue weighted by atomic mass is 9.85. The van der Waals surface area contributed by atoms with Crippen LogP contribution in [0.4, 0.5) is 4.39 Å². The van der Waals surface area contributed by atoms with E-state index < -0.39 is 11.4 Å². The average molecular weight is 281 g/mol. The Bertz CT molecular complexity index is 482. The minimum Gasteiger partial charge on any atom is -0.481 e. The summed E-state index contributed by atoms with van der Waals surface area (Å²) in [5.41, 5.74) is 0.203. The Kier molecular flexibility index (Phi) is 5.25. The van der Waals surface area contributed by atoms with E-state index in [1.807, 2.05) is 0 Å². The topological polar surface area (TPSA) is 66.4 Å². The molecule has 0 unspecified atom stereocenters. The summed E-state index contributed by atoms with van der Waals surface area (Å²) >= 11 is 0. The highest BCUT2D eigenvalue weighted by molar-refractivity contribution is 5.78. The lowest BCUT2D eigenvalue weighted by Gasteiger charge is -2.23. The third kappa shape index (κ3) is 5.38. The van der Waals surface area contributed by atoms with Crippen LogP contribution in [0.1, 0.15) is 45.2 Å². The molecule has 0 aliphatic carbocycles. The Hall–Kier alpha value is -1.91. The van der Waals surface area contributed by atoms with Gasteiger partial charge >= 0.3 is 5.97 Å². The van der Waals surface area contributed by atoms with Crippen LogP contribution in [0.15, 0.2) is 24.3 Å². The van der Waals surface area contributed by atoms with Crippen LogP contribution >= 0.6 is 0 Å². The van der Waals surface area contributed by atoms with Crippen molar-refractivity contribution in [2.75, 3.05) is 0 Å². The number of carbonyl (C=O) groups excluding carboxylic acids is 1. The molecule has 0 saturated carbocycles. The first-order valence-corrected chi connectivity index (χ1v) is 6.46. The lowest BCUT2D eigenvalue weighted by molar-refractivity contribution is -0.139. The number of carbonyl (C=O) groups is 2. The second kappa shape index (κ2) is 6.50. The Labute approximate surface area is 118 Å². The van der Waals surface area contributed by atoms with Gasteiger partial charge in [0.2, 0.25) is 5.91 Å². The number of nitrogens with one attached hydrogen (secondary N) is 1. The zero-order chi connectivity index (χ0) is 15.3. The monoisotopic (exact) mass is 281 g/mol. The first-order chi connectivity index (χ1) is 9.19. The van der Waals surface area contributed by atoms with E-state index in [-0.39, 0.29) is 30.6 Å². The first-order valence-electron chi connectivity index (χ1n) is 6.46. The number of halogens is 1. The van der Waals surface area contributed by atoms with Gasteiger partial charge in [0.15, 0.2) is 0 Å². The van der Waals surface area contributed by atoms with Gasteiger partial charge in [-0.15, -0.1) is 0 Å². The third-order valence-corrected chi connectivity index (χ3v) is 3.02. The molecule has 0 heterocycles. The van der Waals surface area contributed by atoms with Gasteiger partial charge in [0, 0.05) is 6.42 Å². The van der Waals surface area contributed by atoms with E-state index >= 15 is 0 Å². The third-order valence-electron chi connectivity index (χ3n) is 3.02. The molecule has 20 heavy (non-hydrogen) atoms. The van der Waals surface area contributed by atoms with Gasteiger partial charge in [0.25, 0.3) is 0 Å². The van der Waals surface area contributed by atoms with E-state index in [2.05, 4.69) is 5.32 Å². The molecule has 0 radical (unpaired) electrons. The van der Waals surface area contributed by atoms with Gasteiger partial charge in [-0.25, -0.2) is 4.39 Å². The van der Waals surface area contributed by atoms with Crippen LogP contribution in [0.2, 0.25) is 0 Å². The van der Waals surface area contributed by atoms with E-state index in [4.69, 9.17) is 5.11 Å². The van der Waals surface area contributed by atoms with Gasteiger partial charge in [-0.2, -0.15) is 0 Å². The molecule has 1 aromatic rings. The molecule has 110 valence electrons. The minimum atomic E-state index is -0.922. The van der Waals surface area contributed by atoms with Crippen LogP contribution in [-0.2, 0) is 9.59 Å². The molecular formula is C15H20FNO3. The number of amides is 1. The molecule has 0 aliphatic heterocycles. The lowest BCUT2D eigenvalue weighted by Crippen LogP contribution is -2.31. The zero-order valence-corrected chi connectivity index (χ0v) is 11.9. The number of aliphatic carboxylic acids is 1. The Morgan fingerprint density at radius 1 is 1.25 bits per heavy atom. The van der Waals surface area contributed by atoms with Crippen LogP contribution < -0.4 is 5.32 Å². The molecule has 0 saturated heterocycles.